The molecule has 0 spiro atoms. The quantitative estimate of drug-likeness (QED) is 0.652. The van der Waals surface area contributed by atoms with Gasteiger partial charge in [0.2, 0.25) is 0 Å². The molecule has 4 aliphatic rings. The van der Waals surface area contributed by atoms with Crippen molar-refractivity contribution in [3.05, 3.63) is 0 Å². The third-order valence-electron chi connectivity index (χ3n) is 4.60. The zero-order chi connectivity index (χ0) is 10.5. The molecule has 0 radical (unpaired) electrons. The van der Waals surface area contributed by atoms with Gasteiger partial charge in [-0.2, -0.15) is 0 Å². The summed E-state index contributed by atoms with van der Waals surface area (Å²) in [5.41, 5.74) is -0.0259. The number of carbonyl (C=O) groups excluding carboxylic acids is 1. The number of hydrogen-bond acceptors (Lipinski definition) is 2. The molecule has 4 fully saturated rings. The zero-order valence-corrected chi connectivity index (χ0v) is 9.50. The van der Waals surface area contributed by atoms with E-state index in [9.17, 15) is 4.79 Å². The summed E-state index contributed by atoms with van der Waals surface area (Å²) in [5, 5.41) is 0. The van der Waals surface area contributed by atoms with Gasteiger partial charge in [-0.05, 0) is 56.3 Å². The molecule has 0 amide bonds. The highest BCUT2D eigenvalue weighted by Gasteiger charge is 2.52. The van der Waals surface area contributed by atoms with E-state index in [-0.39, 0.29) is 11.6 Å². The fourth-order valence-corrected chi connectivity index (χ4v) is 4.47. The van der Waals surface area contributed by atoms with Crippen LogP contribution < -0.4 is 0 Å². The van der Waals surface area contributed by atoms with Crippen LogP contribution in [0.15, 0.2) is 0 Å². The van der Waals surface area contributed by atoms with E-state index in [0.29, 0.717) is 6.42 Å². The molecule has 4 bridgehead atoms. The molecule has 0 atom stereocenters. The molecule has 4 aliphatic carbocycles. The lowest BCUT2D eigenvalue weighted by atomic mass is 9.54. The number of carbonyl (C=O) groups is 1. The summed E-state index contributed by atoms with van der Waals surface area (Å²) in [6, 6.07) is 0. The van der Waals surface area contributed by atoms with Gasteiger partial charge in [0, 0.05) is 6.42 Å². The number of rotatable bonds is 2. The summed E-state index contributed by atoms with van der Waals surface area (Å²) in [5.74, 6) is 2.60. The van der Waals surface area contributed by atoms with Crippen LogP contribution in [-0.4, -0.2) is 11.6 Å². The van der Waals surface area contributed by atoms with Crippen LogP contribution in [0.4, 0.5) is 0 Å². The van der Waals surface area contributed by atoms with Crippen molar-refractivity contribution in [3.63, 3.8) is 0 Å². The van der Waals surface area contributed by atoms with Crippen LogP contribution in [0, 0.1) is 17.8 Å². The Morgan fingerprint density at radius 3 is 2.00 bits per heavy atom. The molecule has 4 saturated carbocycles. The average Bonchev–Trinajstić information content (AvgIpc) is 2.14. The molecule has 0 aromatic heterocycles. The first-order chi connectivity index (χ1) is 7.19. The molecule has 0 N–H and O–H groups in total. The maximum atomic E-state index is 11.5. The standard InChI is InChI=1S/C13H20O2/c1-2-12(14)15-13-6-9-3-10(7-13)5-11(4-9)8-13/h9-11H,2-8H2,1H3. The molecule has 0 unspecified atom stereocenters. The van der Waals surface area contributed by atoms with E-state index in [1.54, 1.807) is 0 Å². The topological polar surface area (TPSA) is 26.3 Å². The lowest BCUT2D eigenvalue weighted by molar-refractivity contribution is -0.186. The Labute approximate surface area is 91.4 Å². The number of esters is 1. The molecule has 15 heavy (non-hydrogen) atoms. The molecule has 4 rings (SSSR count). The van der Waals surface area contributed by atoms with E-state index in [2.05, 4.69) is 0 Å². The number of hydrogen-bond donors (Lipinski definition) is 0. The second-order valence-electron chi connectivity index (χ2n) is 5.93. The first-order valence-electron chi connectivity index (χ1n) is 6.41. The van der Waals surface area contributed by atoms with Crippen molar-refractivity contribution >= 4 is 5.97 Å². The van der Waals surface area contributed by atoms with Crippen LogP contribution in [0.1, 0.15) is 51.9 Å². The Bertz CT molecular complexity index is 247. The second kappa shape index (κ2) is 3.23. The minimum atomic E-state index is -0.0259. The Morgan fingerprint density at radius 2 is 1.60 bits per heavy atom. The third-order valence-corrected chi connectivity index (χ3v) is 4.60. The van der Waals surface area contributed by atoms with Crippen molar-refractivity contribution in [2.45, 2.75) is 57.5 Å². The maximum Gasteiger partial charge on any atom is 0.306 e. The molecular formula is C13H20O2. The second-order valence-corrected chi connectivity index (χ2v) is 5.93. The summed E-state index contributed by atoms with van der Waals surface area (Å²) in [7, 11) is 0. The summed E-state index contributed by atoms with van der Waals surface area (Å²) >= 11 is 0. The van der Waals surface area contributed by atoms with Crippen molar-refractivity contribution in [3.8, 4) is 0 Å². The molecular weight excluding hydrogens is 188 g/mol. The Balaban J connectivity index is 1.78. The highest BCUT2D eigenvalue weighted by molar-refractivity contribution is 5.69. The summed E-state index contributed by atoms with van der Waals surface area (Å²) in [6.45, 7) is 1.89. The van der Waals surface area contributed by atoms with Crippen LogP contribution >= 0.6 is 0 Å². The largest absolute Gasteiger partial charge is 0.459 e. The molecule has 0 saturated heterocycles. The smallest absolute Gasteiger partial charge is 0.306 e. The van der Waals surface area contributed by atoms with Crippen LogP contribution in [0.2, 0.25) is 0 Å². The van der Waals surface area contributed by atoms with Crippen LogP contribution in [0.3, 0.4) is 0 Å². The van der Waals surface area contributed by atoms with E-state index in [1.165, 1.54) is 19.3 Å². The van der Waals surface area contributed by atoms with Gasteiger partial charge in [0.25, 0.3) is 0 Å². The van der Waals surface area contributed by atoms with E-state index in [1.807, 2.05) is 6.92 Å². The van der Waals surface area contributed by atoms with Gasteiger partial charge in [0.15, 0.2) is 0 Å². The van der Waals surface area contributed by atoms with E-state index < -0.39 is 0 Å². The van der Waals surface area contributed by atoms with Crippen molar-refractivity contribution in [2.24, 2.45) is 17.8 Å². The van der Waals surface area contributed by atoms with Gasteiger partial charge in [0.1, 0.15) is 5.60 Å². The molecule has 0 aromatic carbocycles. The predicted octanol–water partition coefficient (Wildman–Crippen LogP) is 2.91. The molecule has 2 nitrogen and oxygen atoms in total. The molecule has 0 aliphatic heterocycles. The lowest BCUT2D eigenvalue weighted by Crippen LogP contribution is -2.52. The minimum Gasteiger partial charge on any atom is -0.459 e. The highest BCUT2D eigenvalue weighted by atomic mass is 16.6. The van der Waals surface area contributed by atoms with Gasteiger partial charge in [0.05, 0.1) is 0 Å². The Kier molecular flexibility index (Phi) is 2.08. The van der Waals surface area contributed by atoms with Crippen LogP contribution in [0.25, 0.3) is 0 Å². The monoisotopic (exact) mass is 208 g/mol. The van der Waals surface area contributed by atoms with Gasteiger partial charge >= 0.3 is 5.97 Å². The van der Waals surface area contributed by atoms with Crippen LogP contribution in [0.5, 0.6) is 0 Å². The first-order valence-corrected chi connectivity index (χ1v) is 6.41. The van der Waals surface area contributed by atoms with Gasteiger partial charge in [-0.15, -0.1) is 0 Å². The lowest BCUT2D eigenvalue weighted by Gasteiger charge is -2.55. The SMILES string of the molecule is CCC(=O)OC12CC3CC(CC(C3)C1)C2. The van der Waals surface area contributed by atoms with E-state index >= 15 is 0 Å². The van der Waals surface area contributed by atoms with Crippen molar-refractivity contribution in [2.75, 3.05) is 0 Å². The molecule has 2 heteroatoms. The third kappa shape index (κ3) is 1.58. The van der Waals surface area contributed by atoms with Crippen molar-refractivity contribution in [1.82, 2.24) is 0 Å². The first kappa shape index (κ1) is 9.68. The fraction of sp³-hybridized carbons (Fsp3) is 0.923. The van der Waals surface area contributed by atoms with Crippen molar-refractivity contribution < 1.29 is 9.53 Å². The zero-order valence-electron chi connectivity index (χ0n) is 9.50. The van der Waals surface area contributed by atoms with Crippen molar-refractivity contribution in [1.29, 1.82) is 0 Å². The van der Waals surface area contributed by atoms with Crippen LogP contribution in [-0.2, 0) is 9.53 Å². The minimum absolute atomic E-state index is 0.0111. The summed E-state index contributed by atoms with van der Waals surface area (Å²) in [6.07, 6.45) is 8.22. The number of ether oxygens (including phenoxy) is 1. The van der Waals surface area contributed by atoms with E-state index in [4.69, 9.17) is 4.74 Å². The maximum absolute atomic E-state index is 11.5. The van der Waals surface area contributed by atoms with E-state index in [0.717, 1.165) is 37.0 Å². The average molecular weight is 208 g/mol. The normalized spacial score (nSPS) is 46.9. The van der Waals surface area contributed by atoms with Gasteiger partial charge in [-0.3, -0.25) is 4.79 Å². The van der Waals surface area contributed by atoms with Gasteiger partial charge in [-0.25, -0.2) is 0 Å². The highest BCUT2D eigenvalue weighted by Crippen LogP contribution is 2.57. The summed E-state index contributed by atoms with van der Waals surface area (Å²) in [4.78, 5) is 11.5. The predicted molar refractivity (Wildman–Crippen MR) is 57.3 cm³/mol. The van der Waals surface area contributed by atoms with Gasteiger partial charge in [-0.1, -0.05) is 6.92 Å². The Morgan fingerprint density at radius 1 is 1.13 bits per heavy atom. The fourth-order valence-electron chi connectivity index (χ4n) is 4.47. The Hall–Kier alpha value is -0.530. The molecule has 84 valence electrons. The molecule has 0 aromatic rings. The molecule has 0 heterocycles. The van der Waals surface area contributed by atoms with Gasteiger partial charge < -0.3 is 4.74 Å². The summed E-state index contributed by atoms with van der Waals surface area (Å²) < 4.78 is 5.76.